The molecule has 0 bridgehead atoms. The summed E-state index contributed by atoms with van der Waals surface area (Å²) in [6.07, 6.45) is 4.96. The minimum atomic E-state index is -0.241. The summed E-state index contributed by atoms with van der Waals surface area (Å²) < 4.78 is 0. The highest BCUT2D eigenvalue weighted by molar-refractivity contribution is 5.81. The van der Waals surface area contributed by atoms with E-state index in [1.165, 1.54) is 0 Å². The number of nitrogens with zero attached hydrogens (tertiary/aromatic N) is 3. The fraction of sp³-hybridized carbons (Fsp3) is 0.471. The number of amides is 1. The van der Waals surface area contributed by atoms with E-state index in [0.29, 0.717) is 6.04 Å². The summed E-state index contributed by atoms with van der Waals surface area (Å²) in [7, 11) is 0. The summed E-state index contributed by atoms with van der Waals surface area (Å²) in [6.45, 7) is 2.74. The van der Waals surface area contributed by atoms with Crippen LogP contribution in [-0.2, 0) is 4.79 Å². The highest BCUT2D eigenvalue weighted by atomic mass is 16.1. The van der Waals surface area contributed by atoms with Gasteiger partial charge in [-0.2, -0.15) is 5.26 Å². The minimum Gasteiger partial charge on any atom is -0.370 e. The van der Waals surface area contributed by atoms with Crippen LogP contribution < -0.4 is 10.6 Å². The Bertz CT molecular complexity index is 587. The lowest BCUT2D eigenvalue weighted by Crippen LogP contribution is -2.50. The van der Waals surface area contributed by atoms with Crippen LogP contribution in [0.3, 0.4) is 0 Å². The van der Waals surface area contributed by atoms with Gasteiger partial charge in [-0.1, -0.05) is 12.1 Å². The number of likely N-dealkylation sites (tertiary alicyclic amines) is 1. The second kappa shape index (κ2) is 6.37. The van der Waals surface area contributed by atoms with Crippen molar-refractivity contribution in [1.29, 1.82) is 5.26 Å². The van der Waals surface area contributed by atoms with Crippen molar-refractivity contribution in [2.75, 3.05) is 24.5 Å². The zero-order valence-electron chi connectivity index (χ0n) is 12.6. The molecule has 1 atom stereocenters. The van der Waals surface area contributed by atoms with Crippen molar-refractivity contribution in [2.24, 2.45) is 5.73 Å². The van der Waals surface area contributed by atoms with Gasteiger partial charge in [0.1, 0.15) is 6.07 Å². The van der Waals surface area contributed by atoms with Gasteiger partial charge in [0.2, 0.25) is 5.91 Å². The van der Waals surface area contributed by atoms with Crippen molar-refractivity contribution in [3.63, 3.8) is 0 Å². The molecule has 0 saturated carbocycles. The van der Waals surface area contributed by atoms with E-state index < -0.39 is 0 Å². The summed E-state index contributed by atoms with van der Waals surface area (Å²) in [5.74, 6) is -0.241. The van der Waals surface area contributed by atoms with E-state index in [1.54, 1.807) is 0 Å². The molecule has 3 rings (SSSR count). The molecule has 5 heteroatoms. The van der Waals surface area contributed by atoms with Crippen molar-refractivity contribution in [1.82, 2.24) is 4.90 Å². The molecule has 1 amide bonds. The Kier molecular flexibility index (Phi) is 4.30. The molecule has 1 aromatic carbocycles. The molecule has 115 valence electrons. The maximum atomic E-state index is 11.5. The van der Waals surface area contributed by atoms with E-state index in [0.717, 1.165) is 50.1 Å². The van der Waals surface area contributed by atoms with Crippen LogP contribution in [-0.4, -0.2) is 42.5 Å². The lowest BCUT2D eigenvalue weighted by Gasteiger charge is -2.39. The third-order valence-electron chi connectivity index (χ3n) is 4.72. The molecule has 2 N–H and O–H groups in total. The average molecular weight is 297 g/mol. The standard InChI is InChI=1S/C17H21N4O/c18-12-13-4-1-2-5-15(13)20-10-7-14(8-11-20)21-9-3-6-16(21)17(19)22/h1-2,4-6,14,16H,3,7-11H2,(H2,19,22). The largest absolute Gasteiger partial charge is 0.370 e. The van der Waals surface area contributed by atoms with Crippen molar-refractivity contribution >= 4 is 11.6 Å². The zero-order chi connectivity index (χ0) is 15.5. The molecular weight excluding hydrogens is 276 g/mol. The smallest absolute Gasteiger partial charge is 0.235 e. The van der Waals surface area contributed by atoms with Crippen LogP contribution in [0.2, 0.25) is 0 Å². The number of anilines is 1. The molecule has 1 unspecified atom stereocenters. The van der Waals surface area contributed by atoms with Crippen LogP contribution in [0.25, 0.3) is 0 Å². The number of hydrogen-bond acceptors (Lipinski definition) is 4. The van der Waals surface area contributed by atoms with Crippen LogP contribution >= 0.6 is 0 Å². The molecule has 2 aliphatic heterocycles. The van der Waals surface area contributed by atoms with Gasteiger partial charge in [0, 0.05) is 19.1 Å². The van der Waals surface area contributed by atoms with Crippen LogP contribution in [0.5, 0.6) is 0 Å². The molecule has 1 radical (unpaired) electrons. The number of carbonyl (C=O) groups is 1. The third-order valence-corrected chi connectivity index (χ3v) is 4.72. The van der Waals surface area contributed by atoms with E-state index in [4.69, 9.17) is 5.73 Å². The summed E-state index contributed by atoms with van der Waals surface area (Å²) in [5, 5.41) is 9.23. The first-order valence-electron chi connectivity index (χ1n) is 7.83. The number of para-hydroxylation sites is 1. The first-order valence-corrected chi connectivity index (χ1v) is 7.83. The molecule has 5 nitrogen and oxygen atoms in total. The van der Waals surface area contributed by atoms with E-state index in [1.807, 2.05) is 30.7 Å². The Morgan fingerprint density at radius 1 is 1.23 bits per heavy atom. The summed E-state index contributed by atoms with van der Waals surface area (Å²) >= 11 is 0. The number of piperidine rings is 1. The Morgan fingerprint density at radius 3 is 2.64 bits per heavy atom. The van der Waals surface area contributed by atoms with Crippen LogP contribution in [0.15, 0.2) is 24.3 Å². The Balaban J connectivity index is 1.66. The number of primary amides is 1. The first-order chi connectivity index (χ1) is 10.7. The van der Waals surface area contributed by atoms with E-state index in [9.17, 15) is 10.1 Å². The second-order valence-electron chi connectivity index (χ2n) is 5.96. The summed E-state index contributed by atoms with van der Waals surface area (Å²) in [6, 6.07) is 10.2. The van der Waals surface area contributed by atoms with Gasteiger partial charge in [-0.3, -0.25) is 9.69 Å². The van der Waals surface area contributed by atoms with Crippen LogP contribution in [0.1, 0.15) is 24.8 Å². The Hall–Kier alpha value is -2.06. The summed E-state index contributed by atoms with van der Waals surface area (Å²) in [4.78, 5) is 16.0. The number of hydrogen-bond donors (Lipinski definition) is 1. The predicted molar refractivity (Wildman–Crippen MR) is 85.0 cm³/mol. The van der Waals surface area contributed by atoms with Gasteiger partial charge >= 0.3 is 0 Å². The number of benzene rings is 1. The van der Waals surface area contributed by atoms with Gasteiger partial charge in [-0.25, -0.2) is 0 Å². The Labute approximate surface area is 131 Å². The van der Waals surface area contributed by atoms with Crippen molar-refractivity contribution in [2.45, 2.75) is 31.3 Å². The highest BCUT2D eigenvalue weighted by Gasteiger charge is 2.35. The number of nitriles is 1. The number of rotatable bonds is 3. The van der Waals surface area contributed by atoms with Gasteiger partial charge < -0.3 is 10.6 Å². The fourth-order valence-electron chi connectivity index (χ4n) is 3.63. The van der Waals surface area contributed by atoms with E-state index in [-0.39, 0.29) is 11.9 Å². The van der Waals surface area contributed by atoms with Crippen molar-refractivity contribution < 1.29 is 4.79 Å². The molecule has 2 saturated heterocycles. The molecule has 1 aromatic rings. The molecule has 0 aliphatic carbocycles. The van der Waals surface area contributed by atoms with E-state index >= 15 is 0 Å². The fourth-order valence-corrected chi connectivity index (χ4v) is 3.63. The van der Waals surface area contributed by atoms with Crippen molar-refractivity contribution in [3.05, 3.63) is 36.2 Å². The average Bonchev–Trinajstić information content (AvgIpc) is 3.05. The maximum Gasteiger partial charge on any atom is 0.235 e. The number of nitrogens with two attached hydrogens (primary N) is 1. The maximum absolute atomic E-state index is 11.5. The molecule has 22 heavy (non-hydrogen) atoms. The van der Waals surface area contributed by atoms with Gasteiger partial charge in [0.25, 0.3) is 0 Å². The Morgan fingerprint density at radius 2 is 1.95 bits per heavy atom. The van der Waals surface area contributed by atoms with Gasteiger partial charge in [-0.15, -0.1) is 0 Å². The SMILES string of the molecule is N#Cc1ccccc1N1CCC(N2CC[CH]C2C(N)=O)CC1. The first kappa shape index (κ1) is 14.9. The molecule has 2 aliphatic rings. The predicted octanol–water partition coefficient (Wildman–Crippen LogP) is 1.29. The quantitative estimate of drug-likeness (QED) is 0.912. The van der Waals surface area contributed by atoms with Crippen LogP contribution in [0, 0.1) is 17.8 Å². The molecule has 2 fully saturated rings. The van der Waals surface area contributed by atoms with Crippen molar-refractivity contribution in [3.8, 4) is 6.07 Å². The van der Waals surface area contributed by atoms with E-state index in [2.05, 4.69) is 15.9 Å². The van der Waals surface area contributed by atoms with Gasteiger partial charge in [0.05, 0.1) is 17.3 Å². The normalized spacial score (nSPS) is 23.4. The topological polar surface area (TPSA) is 73.4 Å². The summed E-state index contributed by atoms with van der Waals surface area (Å²) in [5.41, 5.74) is 7.24. The van der Waals surface area contributed by atoms with Gasteiger partial charge in [-0.05, 0) is 44.4 Å². The van der Waals surface area contributed by atoms with Gasteiger partial charge in [0.15, 0.2) is 0 Å². The lowest BCUT2D eigenvalue weighted by molar-refractivity contribution is -0.122. The minimum absolute atomic E-state index is 0.206. The molecular formula is C17H21N4O. The molecule has 0 spiro atoms. The molecule has 0 aromatic heterocycles. The molecule has 2 heterocycles. The lowest BCUT2D eigenvalue weighted by atomic mass is 10.0. The highest BCUT2D eigenvalue weighted by Crippen LogP contribution is 2.28. The second-order valence-corrected chi connectivity index (χ2v) is 5.96. The number of carbonyl (C=O) groups excluding carboxylic acids is 1. The van der Waals surface area contributed by atoms with Crippen LogP contribution in [0.4, 0.5) is 5.69 Å². The monoisotopic (exact) mass is 297 g/mol. The zero-order valence-corrected chi connectivity index (χ0v) is 12.6. The third kappa shape index (κ3) is 2.79.